The maximum absolute atomic E-state index is 12.3. The van der Waals surface area contributed by atoms with Gasteiger partial charge in [0.15, 0.2) is 6.20 Å². The standard InChI is InChI=1S/C17H17N2O.BrH/c1-13-8-9-16-14(2)18(10-11-19(13)16)12-17(20)15-6-4-3-5-7-15;/h3-11H,12H2,1-2H3;1H/q+1;/p-1. The maximum Gasteiger partial charge on any atom is 0.227 e. The van der Waals surface area contributed by atoms with Gasteiger partial charge in [-0.05, 0) is 19.1 Å². The molecule has 0 N–H and O–H groups in total. The first-order valence-electron chi connectivity index (χ1n) is 6.72. The van der Waals surface area contributed by atoms with Gasteiger partial charge in [0.25, 0.3) is 0 Å². The van der Waals surface area contributed by atoms with Crippen LogP contribution in [0.3, 0.4) is 0 Å². The molecule has 0 unspecified atom stereocenters. The molecule has 2 aromatic heterocycles. The Labute approximate surface area is 134 Å². The van der Waals surface area contributed by atoms with Gasteiger partial charge in [-0.25, -0.2) is 0 Å². The molecule has 0 atom stereocenters. The highest BCUT2D eigenvalue weighted by Crippen LogP contribution is 2.11. The van der Waals surface area contributed by atoms with E-state index >= 15 is 0 Å². The van der Waals surface area contributed by atoms with Crippen molar-refractivity contribution < 1.29 is 26.3 Å². The van der Waals surface area contributed by atoms with E-state index in [2.05, 4.69) is 23.5 Å². The number of nitrogens with zero attached hydrogens (tertiary/aromatic N) is 2. The Bertz CT molecular complexity index is 778. The molecular weight excluding hydrogens is 328 g/mol. The smallest absolute Gasteiger partial charge is 0.227 e. The molecule has 0 fully saturated rings. The van der Waals surface area contributed by atoms with E-state index in [9.17, 15) is 4.79 Å². The number of benzene rings is 1. The van der Waals surface area contributed by atoms with Crippen molar-refractivity contribution in [3.05, 3.63) is 71.8 Å². The Morgan fingerprint density at radius 3 is 2.52 bits per heavy atom. The second-order valence-electron chi connectivity index (χ2n) is 5.03. The van der Waals surface area contributed by atoms with Crippen LogP contribution in [0.2, 0.25) is 0 Å². The lowest BCUT2D eigenvalue weighted by molar-refractivity contribution is -0.688. The number of aromatic nitrogens is 2. The average molecular weight is 345 g/mol. The molecule has 0 aliphatic heterocycles. The van der Waals surface area contributed by atoms with E-state index in [1.807, 2.05) is 54.2 Å². The van der Waals surface area contributed by atoms with E-state index in [1.165, 1.54) is 5.69 Å². The Kier molecular flexibility index (Phi) is 4.58. The molecule has 3 aromatic rings. The first-order chi connectivity index (χ1) is 9.66. The zero-order valence-corrected chi connectivity index (χ0v) is 13.7. The fourth-order valence-electron chi connectivity index (χ4n) is 2.49. The lowest BCUT2D eigenvalue weighted by Crippen LogP contribution is -3.00. The second-order valence-corrected chi connectivity index (χ2v) is 5.03. The summed E-state index contributed by atoms with van der Waals surface area (Å²) in [5.74, 6) is 0.131. The van der Waals surface area contributed by atoms with E-state index in [0.717, 1.165) is 16.8 Å². The summed E-state index contributed by atoms with van der Waals surface area (Å²) < 4.78 is 4.14. The fraction of sp³-hybridized carbons (Fsp3) is 0.176. The molecule has 3 nitrogen and oxygen atoms in total. The lowest BCUT2D eigenvalue weighted by atomic mass is 10.1. The first-order valence-corrected chi connectivity index (χ1v) is 6.72. The highest BCUT2D eigenvalue weighted by atomic mass is 79.9. The van der Waals surface area contributed by atoms with Gasteiger partial charge in [-0.3, -0.25) is 4.79 Å². The van der Waals surface area contributed by atoms with Gasteiger partial charge in [-0.15, -0.1) is 0 Å². The van der Waals surface area contributed by atoms with Gasteiger partial charge in [0.05, 0.1) is 6.20 Å². The van der Waals surface area contributed by atoms with Gasteiger partial charge in [0, 0.05) is 18.2 Å². The third-order valence-corrected chi connectivity index (χ3v) is 3.73. The first kappa shape index (κ1) is 15.4. The summed E-state index contributed by atoms with van der Waals surface area (Å²) in [6.07, 6.45) is 3.98. The number of aryl methyl sites for hydroxylation is 2. The third-order valence-electron chi connectivity index (χ3n) is 3.73. The molecule has 0 bridgehead atoms. The Morgan fingerprint density at radius 1 is 1.10 bits per heavy atom. The molecule has 0 aliphatic rings. The molecule has 0 saturated heterocycles. The number of hydrogen-bond acceptors (Lipinski definition) is 1. The molecule has 0 spiro atoms. The second kappa shape index (κ2) is 6.22. The van der Waals surface area contributed by atoms with Crippen LogP contribution in [-0.2, 0) is 6.54 Å². The SMILES string of the molecule is Cc1ccc2c(C)[n+](CC(=O)c3ccccc3)ccn12.[Br-]. The zero-order valence-electron chi connectivity index (χ0n) is 12.1. The molecule has 4 heteroatoms. The average Bonchev–Trinajstić information content (AvgIpc) is 2.85. The van der Waals surface area contributed by atoms with Gasteiger partial charge in [0.1, 0.15) is 5.52 Å². The van der Waals surface area contributed by atoms with Crippen LogP contribution in [0.5, 0.6) is 0 Å². The number of Topliss-reactive ketones (excluding diaryl/α,β-unsaturated/α-hetero) is 1. The van der Waals surface area contributed by atoms with Crippen LogP contribution in [0.4, 0.5) is 0 Å². The van der Waals surface area contributed by atoms with Crippen LogP contribution in [0, 0.1) is 13.8 Å². The van der Waals surface area contributed by atoms with Gasteiger partial charge in [-0.1, -0.05) is 30.3 Å². The molecule has 0 saturated carbocycles. The molecule has 0 aliphatic carbocycles. The van der Waals surface area contributed by atoms with Crippen LogP contribution in [0.25, 0.3) is 5.52 Å². The summed E-state index contributed by atoms with van der Waals surface area (Å²) >= 11 is 0. The molecule has 2 heterocycles. The van der Waals surface area contributed by atoms with Gasteiger partial charge >= 0.3 is 0 Å². The monoisotopic (exact) mass is 344 g/mol. The predicted octanol–water partition coefficient (Wildman–Crippen LogP) is -0.269. The van der Waals surface area contributed by atoms with Crippen LogP contribution in [-0.4, -0.2) is 10.2 Å². The Morgan fingerprint density at radius 2 is 1.81 bits per heavy atom. The van der Waals surface area contributed by atoms with Crippen molar-refractivity contribution >= 4 is 11.3 Å². The van der Waals surface area contributed by atoms with Crippen LogP contribution in [0.15, 0.2) is 54.9 Å². The third kappa shape index (κ3) is 2.90. The van der Waals surface area contributed by atoms with Crippen LogP contribution >= 0.6 is 0 Å². The van der Waals surface area contributed by atoms with Crippen molar-refractivity contribution in [3.8, 4) is 0 Å². The van der Waals surface area contributed by atoms with Crippen molar-refractivity contribution in [2.75, 3.05) is 0 Å². The molecule has 0 radical (unpaired) electrons. The van der Waals surface area contributed by atoms with Crippen molar-refractivity contribution in [1.29, 1.82) is 0 Å². The van der Waals surface area contributed by atoms with Crippen molar-refractivity contribution in [1.82, 2.24) is 4.40 Å². The largest absolute Gasteiger partial charge is 1.00 e. The quantitative estimate of drug-likeness (QED) is 0.474. The minimum atomic E-state index is 0. The number of hydrogen-bond donors (Lipinski definition) is 0. The summed E-state index contributed by atoms with van der Waals surface area (Å²) in [4.78, 5) is 12.3. The van der Waals surface area contributed by atoms with E-state index < -0.39 is 0 Å². The number of carbonyl (C=O) groups excluding carboxylic acids is 1. The summed E-state index contributed by atoms with van der Waals surface area (Å²) in [6.45, 7) is 4.50. The molecule has 21 heavy (non-hydrogen) atoms. The van der Waals surface area contributed by atoms with Gasteiger partial charge in [0.2, 0.25) is 18.0 Å². The lowest BCUT2D eigenvalue weighted by Gasteiger charge is -2.04. The maximum atomic E-state index is 12.3. The predicted molar refractivity (Wildman–Crippen MR) is 77.8 cm³/mol. The molecular formula is C17H17BrN2O. The van der Waals surface area contributed by atoms with Gasteiger partial charge in [-0.2, -0.15) is 4.57 Å². The zero-order chi connectivity index (χ0) is 14.1. The highest BCUT2D eigenvalue weighted by Gasteiger charge is 2.16. The molecule has 0 amide bonds. The van der Waals surface area contributed by atoms with E-state index in [4.69, 9.17) is 0 Å². The van der Waals surface area contributed by atoms with E-state index in [-0.39, 0.29) is 22.8 Å². The number of ketones is 1. The fourth-order valence-corrected chi connectivity index (χ4v) is 2.49. The minimum absolute atomic E-state index is 0. The highest BCUT2D eigenvalue weighted by molar-refractivity contribution is 5.94. The number of carbonyl (C=O) groups is 1. The summed E-state index contributed by atoms with van der Waals surface area (Å²) in [5, 5.41) is 0. The summed E-state index contributed by atoms with van der Waals surface area (Å²) in [6, 6.07) is 13.6. The summed E-state index contributed by atoms with van der Waals surface area (Å²) in [5.41, 5.74) is 4.20. The van der Waals surface area contributed by atoms with Crippen LogP contribution in [0.1, 0.15) is 21.7 Å². The molecule has 1 aromatic carbocycles. The van der Waals surface area contributed by atoms with Gasteiger partial charge < -0.3 is 21.4 Å². The number of fused-ring (bicyclic) bond motifs is 1. The van der Waals surface area contributed by atoms with Crippen molar-refractivity contribution in [2.45, 2.75) is 20.4 Å². The van der Waals surface area contributed by atoms with Crippen molar-refractivity contribution in [3.63, 3.8) is 0 Å². The summed E-state index contributed by atoms with van der Waals surface area (Å²) in [7, 11) is 0. The Hall–Kier alpha value is -1.94. The van der Waals surface area contributed by atoms with Crippen molar-refractivity contribution in [2.24, 2.45) is 0 Å². The molecule has 108 valence electrons. The van der Waals surface area contributed by atoms with E-state index in [0.29, 0.717) is 6.54 Å². The topological polar surface area (TPSA) is 25.4 Å². The molecule has 3 rings (SSSR count). The number of halogens is 1. The normalized spacial score (nSPS) is 10.4. The van der Waals surface area contributed by atoms with E-state index in [1.54, 1.807) is 0 Å². The van der Waals surface area contributed by atoms with Crippen LogP contribution < -0.4 is 21.5 Å². The number of rotatable bonds is 3. The minimum Gasteiger partial charge on any atom is -1.00 e. The Balaban J connectivity index is 0.00000161.